The quantitative estimate of drug-likeness (QED) is 0.463. The molecule has 20 heavy (non-hydrogen) atoms. The summed E-state index contributed by atoms with van der Waals surface area (Å²) in [5, 5.41) is 6.73. The highest BCUT2D eigenvalue weighted by Gasteiger charge is 2.33. The molecule has 1 aromatic rings. The molecule has 0 amide bonds. The lowest BCUT2D eigenvalue weighted by atomic mass is 10.2. The fraction of sp³-hybridized carbons (Fsp3) is 0.533. The van der Waals surface area contributed by atoms with Gasteiger partial charge in [-0.1, -0.05) is 19.1 Å². The number of ether oxygens (including phenoxy) is 1. The third kappa shape index (κ3) is 5.19. The summed E-state index contributed by atoms with van der Waals surface area (Å²) >= 11 is 0. The molecule has 2 rings (SSSR count). The predicted molar refractivity (Wildman–Crippen MR) is 93.9 cm³/mol. The van der Waals surface area contributed by atoms with Crippen LogP contribution in [0.1, 0.15) is 25.8 Å². The Labute approximate surface area is 138 Å². The number of hydrogen-bond acceptors (Lipinski definition) is 2. The topological polar surface area (TPSA) is 45.7 Å². The van der Waals surface area contributed by atoms with E-state index in [9.17, 15) is 0 Å². The van der Waals surface area contributed by atoms with Gasteiger partial charge in [0.05, 0.1) is 13.7 Å². The van der Waals surface area contributed by atoms with E-state index in [1.165, 1.54) is 12.0 Å². The van der Waals surface area contributed by atoms with Gasteiger partial charge in [0, 0.05) is 12.6 Å². The molecule has 1 aromatic carbocycles. The molecule has 4 nitrogen and oxygen atoms in total. The molecule has 1 aliphatic rings. The molecule has 0 bridgehead atoms. The fourth-order valence-corrected chi connectivity index (χ4v) is 1.92. The Morgan fingerprint density at radius 2 is 2.00 bits per heavy atom. The number of nitrogens with one attached hydrogen (secondary N) is 2. The van der Waals surface area contributed by atoms with E-state index in [0.717, 1.165) is 24.2 Å². The van der Waals surface area contributed by atoms with Gasteiger partial charge in [-0.3, -0.25) is 0 Å². The summed E-state index contributed by atoms with van der Waals surface area (Å²) in [5.74, 6) is 2.56. The SMILES string of the molecule is CCNC(=NCc1ccc(OC)cc1)NC1CC1C.I. The van der Waals surface area contributed by atoms with Crippen LogP contribution in [0.2, 0.25) is 0 Å². The highest BCUT2D eigenvalue weighted by atomic mass is 127. The second-order valence-electron chi connectivity index (χ2n) is 5.01. The summed E-state index contributed by atoms with van der Waals surface area (Å²) in [6.07, 6.45) is 1.24. The number of nitrogens with zero attached hydrogens (tertiary/aromatic N) is 1. The largest absolute Gasteiger partial charge is 0.497 e. The molecule has 5 heteroatoms. The standard InChI is InChI=1S/C15H23N3O.HI/c1-4-16-15(18-14-9-11(14)2)17-10-12-5-7-13(19-3)8-6-12;/h5-8,11,14H,4,9-10H2,1-3H3,(H2,16,17,18);1H. The molecule has 2 N–H and O–H groups in total. The molecule has 1 fully saturated rings. The van der Waals surface area contributed by atoms with E-state index in [0.29, 0.717) is 12.6 Å². The molecule has 1 aliphatic carbocycles. The minimum Gasteiger partial charge on any atom is -0.497 e. The van der Waals surface area contributed by atoms with E-state index in [1.54, 1.807) is 7.11 Å². The van der Waals surface area contributed by atoms with Crippen LogP contribution in [0.5, 0.6) is 5.75 Å². The zero-order chi connectivity index (χ0) is 13.7. The number of rotatable bonds is 5. The van der Waals surface area contributed by atoms with Gasteiger partial charge < -0.3 is 15.4 Å². The lowest BCUT2D eigenvalue weighted by Gasteiger charge is -2.10. The van der Waals surface area contributed by atoms with Crippen molar-refractivity contribution in [1.29, 1.82) is 0 Å². The summed E-state index contributed by atoms with van der Waals surface area (Å²) in [6, 6.07) is 8.62. The molecule has 2 unspecified atom stereocenters. The number of guanidine groups is 1. The van der Waals surface area contributed by atoms with E-state index < -0.39 is 0 Å². The van der Waals surface area contributed by atoms with Crippen molar-refractivity contribution < 1.29 is 4.74 Å². The lowest BCUT2D eigenvalue weighted by molar-refractivity contribution is 0.414. The van der Waals surface area contributed by atoms with Crippen molar-refractivity contribution in [2.75, 3.05) is 13.7 Å². The smallest absolute Gasteiger partial charge is 0.191 e. The second-order valence-corrected chi connectivity index (χ2v) is 5.01. The molecule has 0 heterocycles. The molecular weight excluding hydrogens is 365 g/mol. The van der Waals surface area contributed by atoms with Crippen LogP contribution in [0.3, 0.4) is 0 Å². The highest BCUT2D eigenvalue weighted by Crippen LogP contribution is 2.28. The molecule has 1 saturated carbocycles. The number of halogens is 1. The van der Waals surface area contributed by atoms with Crippen molar-refractivity contribution in [2.24, 2.45) is 10.9 Å². The van der Waals surface area contributed by atoms with E-state index in [2.05, 4.69) is 29.5 Å². The fourth-order valence-electron chi connectivity index (χ4n) is 1.92. The zero-order valence-corrected chi connectivity index (χ0v) is 14.7. The first-order valence-electron chi connectivity index (χ1n) is 6.90. The summed E-state index contributed by atoms with van der Waals surface area (Å²) in [6.45, 7) is 5.90. The molecule has 0 radical (unpaired) electrons. The van der Waals surface area contributed by atoms with Crippen molar-refractivity contribution in [3.63, 3.8) is 0 Å². The molecule has 0 saturated heterocycles. The maximum Gasteiger partial charge on any atom is 0.191 e. The zero-order valence-electron chi connectivity index (χ0n) is 12.3. The summed E-state index contributed by atoms with van der Waals surface area (Å²) < 4.78 is 5.15. The Kier molecular flexibility index (Phi) is 7.12. The van der Waals surface area contributed by atoms with Gasteiger partial charge in [0.2, 0.25) is 0 Å². The van der Waals surface area contributed by atoms with Gasteiger partial charge >= 0.3 is 0 Å². The van der Waals surface area contributed by atoms with Crippen LogP contribution in [0.4, 0.5) is 0 Å². The number of benzene rings is 1. The Bertz CT molecular complexity index is 433. The van der Waals surface area contributed by atoms with Crippen LogP contribution in [0, 0.1) is 5.92 Å². The third-order valence-corrected chi connectivity index (χ3v) is 3.35. The Balaban J connectivity index is 0.00000200. The maximum absolute atomic E-state index is 5.15. The minimum absolute atomic E-state index is 0. The van der Waals surface area contributed by atoms with Gasteiger partial charge in [0.15, 0.2) is 5.96 Å². The number of aliphatic imine (C=N–C) groups is 1. The van der Waals surface area contributed by atoms with E-state index in [-0.39, 0.29) is 24.0 Å². The van der Waals surface area contributed by atoms with Gasteiger partial charge in [-0.15, -0.1) is 24.0 Å². The first kappa shape index (κ1) is 17.1. The molecule has 0 spiro atoms. The van der Waals surface area contributed by atoms with Gasteiger partial charge in [-0.25, -0.2) is 4.99 Å². The molecule has 112 valence electrons. The first-order chi connectivity index (χ1) is 9.22. The highest BCUT2D eigenvalue weighted by molar-refractivity contribution is 14.0. The Morgan fingerprint density at radius 3 is 2.50 bits per heavy atom. The van der Waals surface area contributed by atoms with Crippen LogP contribution < -0.4 is 15.4 Å². The summed E-state index contributed by atoms with van der Waals surface area (Å²) in [7, 11) is 1.68. The van der Waals surface area contributed by atoms with Crippen molar-refractivity contribution in [3.05, 3.63) is 29.8 Å². The van der Waals surface area contributed by atoms with Gasteiger partial charge in [-0.2, -0.15) is 0 Å². The minimum atomic E-state index is 0. The summed E-state index contributed by atoms with van der Waals surface area (Å²) in [5.41, 5.74) is 1.18. The molecule has 0 aromatic heterocycles. The van der Waals surface area contributed by atoms with Crippen LogP contribution in [-0.4, -0.2) is 25.7 Å². The van der Waals surface area contributed by atoms with Crippen molar-refractivity contribution >= 4 is 29.9 Å². The predicted octanol–water partition coefficient (Wildman–Crippen LogP) is 2.78. The average Bonchev–Trinajstić information content (AvgIpc) is 3.12. The van der Waals surface area contributed by atoms with E-state index in [4.69, 9.17) is 4.74 Å². The van der Waals surface area contributed by atoms with Gasteiger partial charge in [0.1, 0.15) is 5.75 Å². The number of hydrogen-bond donors (Lipinski definition) is 2. The summed E-state index contributed by atoms with van der Waals surface area (Å²) in [4.78, 5) is 4.61. The first-order valence-corrected chi connectivity index (χ1v) is 6.90. The van der Waals surface area contributed by atoms with Crippen molar-refractivity contribution in [2.45, 2.75) is 32.9 Å². The molecular formula is C15H24IN3O. The molecule has 0 aliphatic heterocycles. The Morgan fingerprint density at radius 1 is 1.35 bits per heavy atom. The van der Waals surface area contributed by atoms with Crippen LogP contribution >= 0.6 is 24.0 Å². The monoisotopic (exact) mass is 389 g/mol. The van der Waals surface area contributed by atoms with E-state index in [1.807, 2.05) is 24.3 Å². The van der Waals surface area contributed by atoms with E-state index >= 15 is 0 Å². The van der Waals surface area contributed by atoms with Crippen molar-refractivity contribution in [1.82, 2.24) is 10.6 Å². The van der Waals surface area contributed by atoms with Gasteiger partial charge in [0.25, 0.3) is 0 Å². The average molecular weight is 389 g/mol. The second kappa shape index (κ2) is 8.34. The maximum atomic E-state index is 5.15. The van der Waals surface area contributed by atoms with Crippen LogP contribution in [0.15, 0.2) is 29.3 Å². The van der Waals surface area contributed by atoms with Crippen LogP contribution in [0.25, 0.3) is 0 Å². The van der Waals surface area contributed by atoms with Crippen molar-refractivity contribution in [3.8, 4) is 5.75 Å². The lowest BCUT2D eigenvalue weighted by Crippen LogP contribution is -2.39. The van der Waals surface area contributed by atoms with Crippen LogP contribution in [-0.2, 0) is 6.54 Å². The molecule has 2 atom stereocenters. The third-order valence-electron chi connectivity index (χ3n) is 3.35. The normalized spacial score (nSPS) is 20.9. The van der Waals surface area contributed by atoms with Gasteiger partial charge in [-0.05, 0) is 37.0 Å². The Hall–Kier alpha value is -0.980. The number of methoxy groups -OCH3 is 1.